The lowest BCUT2D eigenvalue weighted by Crippen LogP contribution is -2.37. The summed E-state index contributed by atoms with van der Waals surface area (Å²) in [5, 5.41) is 10.2. The number of aliphatic hydroxyl groups excluding tert-OH is 1. The lowest BCUT2D eigenvalue weighted by molar-refractivity contribution is -0.0640. The molecular weight excluding hydrogens is 254 g/mol. The summed E-state index contributed by atoms with van der Waals surface area (Å²) in [5.74, 6) is 0.116. The number of nitrogens with zero attached hydrogens (tertiary/aromatic N) is 2. The Kier molecular flexibility index (Phi) is 4.15. The minimum absolute atomic E-state index is 0.116. The maximum atomic E-state index is 11.7. The number of ether oxygens (including phenoxy) is 3. The first-order valence-electron chi connectivity index (χ1n) is 5.78. The first kappa shape index (κ1) is 13.9. The topological polar surface area (TPSA) is 109 Å². The van der Waals surface area contributed by atoms with Gasteiger partial charge in [-0.2, -0.15) is 4.98 Å². The smallest absolute Gasteiger partial charge is 0.351 e. The zero-order valence-corrected chi connectivity index (χ0v) is 10.7. The number of hydrogen-bond donors (Lipinski definition) is 2. The van der Waals surface area contributed by atoms with Crippen LogP contribution in [0.2, 0.25) is 0 Å². The zero-order valence-electron chi connectivity index (χ0n) is 10.7. The largest absolute Gasteiger partial charge is 0.386 e. The molecule has 0 radical (unpaired) electrons. The molecule has 0 spiro atoms. The Hall–Kier alpha value is -1.48. The van der Waals surface area contributed by atoms with E-state index >= 15 is 0 Å². The molecule has 1 aliphatic heterocycles. The van der Waals surface area contributed by atoms with Gasteiger partial charge in [-0.15, -0.1) is 0 Å². The quantitative estimate of drug-likeness (QED) is 0.703. The van der Waals surface area contributed by atoms with Crippen molar-refractivity contribution >= 4 is 5.82 Å². The lowest BCUT2D eigenvalue weighted by Gasteiger charge is -2.18. The minimum Gasteiger partial charge on any atom is -0.386 e. The van der Waals surface area contributed by atoms with Crippen molar-refractivity contribution in [3.8, 4) is 0 Å². The highest BCUT2D eigenvalue weighted by Gasteiger charge is 2.45. The number of nitrogens with two attached hydrogens (primary N) is 1. The molecule has 1 saturated heterocycles. The van der Waals surface area contributed by atoms with Crippen LogP contribution in [0.15, 0.2) is 17.1 Å². The third kappa shape index (κ3) is 2.61. The molecule has 8 nitrogen and oxygen atoms in total. The van der Waals surface area contributed by atoms with E-state index in [4.69, 9.17) is 19.9 Å². The molecular formula is C11H17N3O5. The molecule has 0 amide bonds. The maximum Gasteiger partial charge on any atom is 0.351 e. The molecule has 0 aliphatic carbocycles. The summed E-state index contributed by atoms with van der Waals surface area (Å²) >= 11 is 0. The van der Waals surface area contributed by atoms with Gasteiger partial charge in [0, 0.05) is 20.4 Å². The molecule has 0 bridgehead atoms. The van der Waals surface area contributed by atoms with E-state index in [1.807, 2.05) is 0 Å². The highest BCUT2D eigenvalue weighted by atomic mass is 16.6. The van der Waals surface area contributed by atoms with Crippen molar-refractivity contribution in [1.29, 1.82) is 0 Å². The van der Waals surface area contributed by atoms with Gasteiger partial charge in [0.2, 0.25) is 0 Å². The third-order valence-electron chi connectivity index (χ3n) is 3.04. The van der Waals surface area contributed by atoms with Gasteiger partial charge >= 0.3 is 5.69 Å². The van der Waals surface area contributed by atoms with Crippen LogP contribution in [0.4, 0.5) is 5.82 Å². The van der Waals surface area contributed by atoms with Crippen LogP contribution in [-0.2, 0) is 14.2 Å². The average molecular weight is 271 g/mol. The number of methoxy groups -OCH3 is 2. The first-order chi connectivity index (χ1) is 9.08. The fourth-order valence-electron chi connectivity index (χ4n) is 2.16. The Bertz CT molecular complexity index is 491. The molecule has 2 rings (SSSR count). The summed E-state index contributed by atoms with van der Waals surface area (Å²) in [5.41, 5.74) is 4.83. The second-order valence-corrected chi connectivity index (χ2v) is 4.25. The first-order valence-corrected chi connectivity index (χ1v) is 5.78. The predicted molar refractivity (Wildman–Crippen MR) is 65.5 cm³/mol. The van der Waals surface area contributed by atoms with Crippen LogP contribution in [-0.4, -0.2) is 53.8 Å². The molecule has 106 valence electrons. The Balaban J connectivity index is 2.28. The van der Waals surface area contributed by atoms with Gasteiger partial charge in [0.25, 0.3) is 0 Å². The lowest BCUT2D eigenvalue weighted by atomic mass is 10.1. The fourth-order valence-corrected chi connectivity index (χ4v) is 2.16. The van der Waals surface area contributed by atoms with Crippen LogP contribution in [0.5, 0.6) is 0 Å². The van der Waals surface area contributed by atoms with Gasteiger partial charge in [0.15, 0.2) is 6.23 Å². The van der Waals surface area contributed by atoms with Crippen LogP contribution in [0, 0.1) is 0 Å². The van der Waals surface area contributed by atoms with Crippen molar-refractivity contribution in [3.05, 3.63) is 22.7 Å². The van der Waals surface area contributed by atoms with Crippen LogP contribution >= 0.6 is 0 Å². The van der Waals surface area contributed by atoms with E-state index in [-0.39, 0.29) is 12.4 Å². The molecule has 0 saturated carbocycles. The number of hydrogen-bond acceptors (Lipinski definition) is 7. The number of anilines is 1. The van der Waals surface area contributed by atoms with Crippen LogP contribution in [0.3, 0.4) is 0 Å². The molecule has 4 atom stereocenters. The van der Waals surface area contributed by atoms with Gasteiger partial charge in [0.1, 0.15) is 24.1 Å². The van der Waals surface area contributed by atoms with E-state index < -0.39 is 30.2 Å². The van der Waals surface area contributed by atoms with E-state index in [0.29, 0.717) is 0 Å². The van der Waals surface area contributed by atoms with Crippen LogP contribution < -0.4 is 11.4 Å². The van der Waals surface area contributed by atoms with E-state index in [0.717, 1.165) is 0 Å². The number of nitrogen functional groups attached to an aromatic ring is 1. The summed E-state index contributed by atoms with van der Waals surface area (Å²) < 4.78 is 17.0. The van der Waals surface area contributed by atoms with E-state index in [1.165, 1.54) is 31.0 Å². The highest BCUT2D eigenvalue weighted by molar-refractivity contribution is 5.23. The summed E-state index contributed by atoms with van der Waals surface area (Å²) in [6.07, 6.45) is -1.46. The summed E-state index contributed by atoms with van der Waals surface area (Å²) in [7, 11) is 2.99. The fraction of sp³-hybridized carbons (Fsp3) is 0.636. The second-order valence-electron chi connectivity index (χ2n) is 4.25. The second kappa shape index (κ2) is 5.66. The van der Waals surface area contributed by atoms with E-state index in [1.54, 1.807) is 0 Å². The molecule has 2 heterocycles. The standard InChI is InChI=1S/C11H17N3O5/c1-17-5-6-9(18-2)8(15)10(19-6)14-4-3-7(12)13-11(14)16/h3-4,6,8-10,15H,5H2,1-2H3,(H2,12,13,16)/t6-,8?,9+,10-/m1/s1. The molecule has 19 heavy (non-hydrogen) atoms. The summed E-state index contributed by atoms with van der Waals surface area (Å²) in [4.78, 5) is 15.3. The van der Waals surface area contributed by atoms with Crippen molar-refractivity contribution < 1.29 is 19.3 Å². The number of aliphatic hydroxyl groups is 1. The Morgan fingerprint density at radius 3 is 2.89 bits per heavy atom. The summed E-state index contributed by atoms with van der Waals surface area (Å²) in [6.45, 7) is 0.253. The van der Waals surface area contributed by atoms with Gasteiger partial charge in [-0.3, -0.25) is 4.57 Å². The molecule has 0 aromatic carbocycles. The Labute approximate surface area is 109 Å². The minimum atomic E-state index is -0.992. The molecule has 1 aromatic rings. The van der Waals surface area contributed by atoms with Gasteiger partial charge in [0.05, 0.1) is 6.61 Å². The predicted octanol–water partition coefficient (Wildman–Crippen LogP) is -1.25. The zero-order chi connectivity index (χ0) is 14.0. The third-order valence-corrected chi connectivity index (χ3v) is 3.04. The van der Waals surface area contributed by atoms with Crippen molar-refractivity contribution in [2.75, 3.05) is 26.6 Å². The summed E-state index contributed by atoms with van der Waals surface area (Å²) in [6, 6.07) is 1.46. The van der Waals surface area contributed by atoms with Gasteiger partial charge in [-0.05, 0) is 6.07 Å². The van der Waals surface area contributed by atoms with Gasteiger partial charge in [-0.25, -0.2) is 4.79 Å². The van der Waals surface area contributed by atoms with Gasteiger partial charge < -0.3 is 25.1 Å². The Morgan fingerprint density at radius 1 is 1.58 bits per heavy atom. The highest BCUT2D eigenvalue weighted by Crippen LogP contribution is 2.30. The van der Waals surface area contributed by atoms with Gasteiger partial charge in [-0.1, -0.05) is 0 Å². The molecule has 3 N–H and O–H groups in total. The normalized spacial score (nSPS) is 30.7. The molecule has 1 fully saturated rings. The molecule has 1 aromatic heterocycles. The van der Waals surface area contributed by atoms with Crippen LogP contribution in [0.25, 0.3) is 0 Å². The van der Waals surface area contributed by atoms with E-state index in [9.17, 15) is 9.90 Å². The SMILES string of the molecule is COC[C@H]1O[C@@H](n2ccc(N)nc2=O)C(O)[C@H]1OC. The molecule has 1 unspecified atom stereocenters. The van der Waals surface area contributed by atoms with Crippen LogP contribution in [0.1, 0.15) is 6.23 Å². The van der Waals surface area contributed by atoms with Crippen molar-refractivity contribution in [3.63, 3.8) is 0 Å². The average Bonchev–Trinajstić information content (AvgIpc) is 2.66. The van der Waals surface area contributed by atoms with Crippen molar-refractivity contribution in [2.45, 2.75) is 24.5 Å². The number of rotatable bonds is 4. The van der Waals surface area contributed by atoms with E-state index in [2.05, 4.69) is 4.98 Å². The monoisotopic (exact) mass is 271 g/mol. The number of aromatic nitrogens is 2. The van der Waals surface area contributed by atoms with Crippen molar-refractivity contribution in [2.24, 2.45) is 0 Å². The molecule has 8 heteroatoms. The maximum absolute atomic E-state index is 11.7. The molecule has 1 aliphatic rings. The van der Waals surface area contributed by atoms with Crippen molar-refractivity contribution in [1.82, 2.24) is 9.55 Å². The Morgan fingerprint density at radius 2 is 2.32 bits per heavy atom.